The van der Waals surface area contributed by atoms with Gasteiger partial charge < -0.3 is 16.0 Å². The smallest absolute Gasteiger partial charge is 0.258 e. The van der Waals surface area contributed by atoms with Gasteiger partial charge in [0.25, 0.3) is 5.91 Å². The maximum Gasteiger partial charge on any atom is 0.258 e. The first-order chi connectivity index (χ1) is 14.0. The molecule has 3 aromatic rings. The fourth-order valence-electron chi connectivity index (χ4n) is 2.90. The Morgan fingerprint density at radius 2 is 1.62 bits per heavy atom. The number of aromatic nitrogens is 2. The van der Waals surface area contributed by atoms with Crippen LogP contribution in [0.1, 0.15) is 35.3 Å². The van der Waals surface area contributed by atoms with Crippen LogP contribution in [-0.2, 0) is 11.2 Å². The van der Waals surface area contributed by atoms with Gasteiger partial charge in [-0.3, -0.25) is 9.59 Å². The largest absolute Gasteiger partial charge is 0.326 e. The van der Waals surface area contributed by atoms with Crippen molar-refractivity contribution in [1.29, 1.82) is 0 Å². The normalized spacial score (nSPS) is 10.3. The number of carbonyl (C=O) groups excluding carboxylic acids is 2. The van der Waals surface area contributed by atoms with Crippen LogP contribution < -0.4 is 16.0 Å². The van der Waals surface area contributed by atoms with E-state index in [0.29, 0.717) is 22.9 Å². The third kappa shape index (κ3) is 5.16. The van der Waals surface area contributed by atoms with E-state index >= 15 is 0 Å². The molecule has 29 heavy (non-hydrogen) atoms. The van der Waals surface area contributed by atoms with Gasteiger partial charge >= 0.3 is 0 Å². The van der Waals surface area contributed by atoms with Crippen LogP contribution in [0.3, 0.4) is 0 Å². The number of hydrogen-bond donors (Lipinski definition) is 3. The monoisotopic (exact) mass is 389 g/mol. The summed E-state index contributed by atoms with van der Waals surface area (Å²) in [5, 5.41) is 8.70. The van der Waals surface area contributed by atoms with E-state index in [9.17, 15) is 9.59 Å². The Hall–Kier alpha value is -3.74. The Labute approximate surface area is 169 Å². The zero-order chi connectivity index (χ0) is 20.8. The number of aryl methyl sites for hydroxylation is 2. The molecule has 7 heteroatoms. The number of benzene rings is 2. The van der Waals surface area contributed by atoms with Gasteiger partial charge in [0.15, 0.2) is 0 Å². The van der Waals surface area contributed by atoms with Crippen LogP contribution in [0.2, 0.25) is 0 Å². The van der Waals surface area contributed by atoms with Crippen LogP contribution in [0.4, 0.5) is 23.0 Å². The van der Waals surface area contributed by atoms with E-state index in [1.54, 1.807) is 24.3 Å². The fraction of sp³-hybridized carbons (Fsp3) is 0.182. The lowest BCUT2D eigenvalue weighted by Crippen LogP contribution is -2.14. The summed E-state index contributed by atoms with van der Waals surface area (Å²) >= 11 is 0. The predicted molar refractivity (Wildman–Crippen MR) is 115 cm³/mol. The first-order valence-corrected chi connectivity index (χ1v) is 9.33. The van der Waals surface area contributed by atoms with E-state index in [4.69, 9.17) is 0 Å². The average molecular weight is 389 g/mol. The molecule has 148 valence electrons. The molecule has 0 saturated heterocycles. The van der Waals surface area contributed by atoms with Gasteiger partial charge in [-0.25, -0.2) is 9.97 Å². The number of nitrogens with one attached hydrogen (secondary N) is 3. The second-order valence-corrected chi connectivity index (χ2v) is 6.60. The molecule has 1 heterocycles. The molecular weight excluding hydrogens is 366 g/mol. The molecule has 3 rings (SSSR count). The Bertz CT molecular complexity index is 1030. The topological polar surface area (TPSA) is 96.0 Å². The molecule has 0 saturated carbocycles. The molecule has 0 atom stereocenters. The second kappa shape index (κ2) is 8.97. The van der Waals surface area contributed by atoms with Crippen molar-refractivity contribution < 1.29 is 9.59 Å². The van der Waals surface area contributed by atoms with Gasteiger partial charge in [-0.15, -0.1) is 0 Å². The summed E-state index contributed by atoms with van der Waals surface area (Å²) in [4.78, 5) is 32.2. The highest BCUT2D eigenvalue weighted by Crippen LogP contribution is 2.23. The molecular formula is C22H23N5O2. The summed E-state index contributed by atoms with van der Waals surface area (Å²) in [7, 11) is 0. The number of para-hydroxylation sites is 1. The standard InChI is InChI=1S/C22H23N5O2/c1-4-16-8-5-7-14(2)20(16)27-22-23-12-17(13-24-22)21(29)26-19-10-6-9-18(11-19)25-15(3)28/h5-13H,4H2,1-3H3,(H,25,28)(H,26,29)(H,23,24,27). The van der Waals surface area contributed by atoms with E-state index in [1.165, 1.54) is 24.9 Å². The molecule has 2 amide bonds. The van der Waals surface area contributed by atoms with Crippen molar-refractivity contribution in [3.8, 4) is 0 Å². The highest BCUT2D eigenvalue weighted by Gasteiger charge is 2.10. The number of hydrogen-bond acceptors (Lipinski definition) is 5. The molecule has 2 aromatic carbocycles. The average Bonchev–Trinajstić information content (AvgIpc) is 2.69. The summed E-state index contributed by atoms with van der Waals surface area (Å²) in [6, 6.07) is 13.0. The SMILES string of the molecule is CCc1cccc(C)c1Nc1ncc(C(=O)Nc2cccc(NC(C)=O)c2)cn1. The Morgan fingerprint density at radius 3 is 2.28 bits per heavy atom. The van der Waals surface area contributed by atoms with Crippen LogP contribution in [0, 0.1) is 6.92 Å². The van der Waals surface area contributed by atoms with Crippen LogP contribution in [0.15, 0.2) is 54.9 Å². The van der Waals surface area contributed by atoms with Crippen molar-refractivity contribution in [3.05, 3.63) is 71.5 Å². The Balaban J connectivity index is 1.70. The summed E-state index contributed by atoms with van der Waals surface area (Å²) in [5.41, 5.74) is 4.78. The molecule has 1 aromatic heterocycles. The third-order valence-corrected chi connectivity index (χ3v) is 4.33. The molecule has 0 radical (unpaired) electrons. The number of amides is 2. The number of carbonyl (C=O) groups is 2. The summed E-state index contributed by atoms with van der Waals surface area (Å²) < 4.78 is 0. The first-order valence-electron chi connectivity index (χ1n) is 9.33. The maximum absolute atomic E-state index is 12.5. The minimum absolute atomic E-state index is 0.176. The molecule has 0 fully saturated rings. The van der Waals surface area contributed by atoms with Crippen molar-refractivity contribution in [3.63, 3.8) is 0 Å². The molecule has 0 aliphatic heterocycles. The molecule has 0 aliphatic carbocycles. The molecule has 0 aliphatic rings. The van der Waals surface area contributed by atoms with Crippen molar-refractivity contribution in [2.75, 3.05) is 16.0 Å². The highest BCUT2D eigenvalue weighted by molar-refractivity contribution is 6.04. The van der Waals surface area contributed by atoms with Crippen molar-refractivity contribution in [2.24, 2.45) is 0 Å². The quantitative estimate of drug-likeness (QED) is 0.584. The van der Waals surface area contributed by atoms with Gasteiger partial charge in [0.2, 0.25) is 11.9 Å². The van der Waals surface area contributed by atoms with Gasteiger partial charge in [0.1, 0.15) is 0 Å². The Kier molecular flexibility index (Phi) is 6.19. The van der Waals surface area contributed by atoms with Crippen LogP contribution in [0.5, 0.6) is 0 Å². The van der Waals surface area contributed by atoms with E-state index in [0.717, 1.165) is 17.7 Å². The van der Waals surface area contributed by atoms with Crippen molar-refractivity contribution >= 4 is 34.8 Å². The molecule has 0 bridgehead atoms. The lowest BCUT2D eigenvalue weighted by Gasteiger charge is -2.13. The number of nitrogens with zero attached hydrogens (tertiary/aromatic N) is 2. The lowest BCUT2D eigenvalue weighted by molar-refractivity contribution is -0.114. The van der Waals surface area contributed by atoms with Crippen molar-refractivity contribution in [2.45, 2.75) is 27.2 Å². The lowest BCUT2D eigenvalue weighted by atomic mass is 10.1. The second-order valence-electron chi connectivity index (χ2n) is 6.60. The minimum Gasteiger partial charge on any atom is -0.326 e. The number of anilines is 4. The van der Waals surface area contributed by atoms with E-state index < -0.39 is 0 Å². The van der Waals surface area contributed by atoms with Crippen LogP contribution >= 0.6 is 0 Å². The van der Waals surface area contributed by atoms with Crippen LogP contribution in [-0.4, -0.2) is 21.8 Å². The van der Waals surface area contributed by atoms with E-state index in [-0.39, 0.29) is 11.8 Å². The van der Waals surface area contributed by atoms with E-state index in [2.05, 4.69) is 38.9 Å². The molecule has 0 unspecified atom stereocenters. The minimum atomic E-state index is -0.332. The predicted octanol–water partition coefficient (Wildman–Crippen LogP) is 4.30. The molecule has 3 N–H and O–H groups in total. The molecule has 7 nitrogen and oxygen atoms in total. The van der Waals surface area contributed by atoms with Crippen LogP contribution in [0.25, 0.3) is 0 Å². The van der Waals surface area contributed by atoms with E-state index in [1.807, 2.05) is 19.1 Å². The summed E-state index contributed by atoms with van der Waals surface area (Å²) in [5.74, 6) is -0.0790. The summed E-state index contributed by atoms with van der Waals surface area (Å²) in [6.07, 6.45) is 3.85. The maximum atomic E-state index is 12.5. The zero-order valence-electron chi connectivity index (χ0n) is 16.6. The van der Waals surface area contributed by atoms with Gasteiger partial charge in [-0.2, -0.15) is 0 Å². The fourth-order valence-corrected chi connectivity index (χ4v) is 2.90. The van der Waals surface area contributed by atoms with Gasteiger partial charge in [-0.05, 0) is 42.7 Å². The molecule has 0 spiro atoms. The summed E-state index contributed by atoms with van der Waals surface area (Å²) in [6.45, 7) is 5.55. The van der Waals surface area contributed by atoms with Gasteiger partial charge in [0, 0.05) is 36.4 Å². The van der Waals surface area contributed by atoms with Crippen molar-refractivity contribution in [1.82, 2.24) is 9.97 Å². The van der Waals surface area contributed by atoms with Gasteiger partial charge in [0.05, 0.1) is 5.56 Å². The first kappa shape index (κ1) is 20.0. The Morgan fingerprint density at radius 1 is 0.966 bits per heavy atom. The number of rotatable bonds is 6. The van der Waals surface area contributed by atoms with Gasteiger partial charge in [-0.1, -0.05) is 31.2 Å². The highest BCUT2D eigenvalue weighted by atomic mass is 16.2. The third-order valence-electron chi connectivity index (χ3n) is 4.33. The zero-order valence-corrected chi connectivity index (χ0v) is 16.6.